The lowest BCUT2D eigenvalue weighted by atomic mass is 10.1. The first-order valence-corrected chi connectivity index (χ1v) is 5.32. The topological polar surface area (TPSA) is 79.0 Å². The predicted octanol–water partition coefficient (Wildman–Crippen LogP) is 3.35. The van der Waals surface area contributed by atoms with E-state index < -0.39 is 10.7 Å². The Morgan fingerprint density at radius 2 is 2.00 bits per heavy atom. The third-order valence-corrected chi connectivity index (χ3v) is 2.47. The molecule has 2 rings (SSSR count). The van der Waals surface area contributed by atoms with Crippen molar-refractivity contribution < 1.29 is 9.31 Å². The van der Waals surface area contributed by atoms with E-state index in [9.17, 15) is 14.5 Å². The molecule has 0 unspecified atom stereocenters. The summed E-state index contributed by atoms with van der Waals surface area (Å²) in [5.74, 6) is -0.463. The van der Waals surface area contributed by atoms with Crippen molar-refractivity contribution in [1.82, 2.24) is 0 Å². The molecule has 6 heteroatoms. The van der Waals surface area contributed by atoms with Gasteiger partial charge in [-0.15, -0.1) is 0 Å². The zero-order valence-corrected chi connectivity index (χ0v) is 9.63. The molecule has 0 saturated heterocycles. The average molecular weight is 257 g/mol. The third kappa shape index (κ3) is 2.66. The van der Waals surface area contributed by atoms with Crippen molar-refractivity contribution in [2.24, 2.45) is 0 Å². The molecule has 1 N–H and O–H groups in total. The fourth-order valence-electron chi connectivity index (χ4n) is 1.57. The number of nitrogens with one attached hydrogen (secondary N) is 1. The highest BCUT2D eigenvalue weighted by molar-refractivity contribution is 5.65. The molecule has 0 saturated carbocycles. The molecule has 2 aromatic rings. The normalized spacial score (nSPS) is 9.68. The Morgan fingerprint density at radius 3 is 2.63 bits per heavy atom. The fraction of sp³-hybridized carbons (Fsp3) is 0. The molecule has 0 aliphatic carbocycles. The van der Waals surface area contributed by atoms with Gasteiger partial charge in [0.15, 0.2) is 0 Å². The molecule has 0 aliphatic heterocycles. The standard InChI is InChI=1S/C13H8FN3O2/c14-11-3-1-2-4-12(11)16-10-6-5-9(8-15)13(7-10)17(18)19/h1-7,16H. The first-order valence-electron chi connectivity index (χ1n) is 5.32. The largest absolute Gasteiger partial charge is 0.353 e. The molecule has 0 aromatic heterocycles. The molecule has 0 spiro atoms. The minimum Gasteiger partial charge on any atom is -0.353 e. The van der Waals surface area contributed by atoms with Crippen LogP contribution in [0.3, 0.4) is 0 Å². The SMILES string of the molecule is N#Cc1ccc(Nc2ccccc2F)cc1[N+](=O)[O-]. The second-order valence-corrected chi connectivity index (χ2v) is 3.71. The number of anilines is 2. The van der Waals surface area contributed by atoms with E-state index in [2.05, 4.69) is 5.32 Å². The van der Waals surface area contributed by atoms with Gasteiger partial charge in [-0.25, -0.2) is 4.39 Å². The molecule has 94 valence electrons. The minimum atomic E-state index is -0.648. The number of halogens is 1. The van der Waals surface area contributed by atoms with Gasteiger partial charge in [0.1, 0.15) is 17.4 Å². The number of hydrogen-bond acceptors (Lipinski definition) is 4. The highest BCUT2D eigenvalue weighted by Gasteiger charge is 2.14. The number of hydrogen-bond donors (Lipinski definition) is 1. The Kier molecular flexibility index (Phi) is 3.39. The Bertz CT molecular complexity index is 680. The molecule has 0 heterocycles. The van der Waals surface area contributed by atoms with Crippen molar-refractivity contribution in [2.45, 2.75) is 0 Å². The van der Waals surface area contributed by atoms with Crippen LogP contribution < -0.4 is 5.32 Å². The first kappa shape index (κ1) is 12.5. The Hall–Kier alpha value is -2.94. The van der Waals surface area contributed by atoms with Crippen LogP contribution in [0.25, 0.3) is 0 Å². The van der Waals surface area contributed by atoms with E-state index >= 15 is 0 Å². The summed E-state index contributed by atoms with van der Waals surface area (Å²) in [6.07, 6.45) is 0. The Labute approximate surface area is 108 Å². The van der Waals surface area contributed by atoms with Crippen molar-refractivity contribution in [3.05, 3.63) is 64.0 Å². The molecular weight excluding hydrogens is 249 g/mol. The van der Waals surface area contributed by atoms with Crippen LogP contribution in [0.1, 0.15) is 5.56 Å². The van der Waals surface area contributed by atoms with E-state index in [0.717, 1.165) is 0 Å². The Morgan fingerprint density at radius 1 is 1.26 bits per heavy atom. The van der Waals surface area contributed by atoms with Gasteiger partial charge in [-0.05, 0) is 24.3 Å². The summed E-state index contributed by atoms with van der Waals surface area (Å²) in [5, 5.41) is 22.3. The summed E-state index contributed by atoms with van der Waals surface area (Å²) in [7, 11) is 0. The highest BCUT2D eigenvalue weighted by Crippen LogP contribution is 2.26. The second-order valence-electron chi connectivity index (χ2n) is 3.71. The van der Waals surface area contributed by atoms with Gasteiger partial charge in [-0.3, -0.25) is 10.1 Å². The van der Waals surface area contributed by atoms with E-state index in [1.165, 1.54) is 30.3 Å². The van der Waals surface area contributed by atoms with Crippen molar-refractivity contribution in [2.75, 3.05) is 5.32 Å². The molecule has 0 fully saturated rings. The van der Waals surface area contributed by atoms with Crippen molar-refractivity contribution >= 4 is 17.1 Å². The van der Waals surface area contributed by atoms with E-state index in [1.54, 1.807) is 18.2 Å². The smallest absolute Gasteiger partial charge is 0.289 e. The van der Waals surface area contributed by atoms with E-state index in [1.807, 2.05) is 0 Å². The number of nitro benzene ring substituents is 1. The van der Waals surface area contributed by atoms with Crippen LogP contribution in [0.5, 0.6) is 0 Å². The lowest BCUT2D eigenvalue weighted by Crippen LogP contribution is -1.97. The van der Waals surface area contributed by atoms with Crippen LogP contribution in [-0.2, 0) is 0 Å². The molecule has 0 amide bonds. The van der Waals surface area contributed by atoms with Gasteiger partial charge in [0.25, 0.3) is 5.69 Å². The predicted molar refractivity (Wildman–Crippen MR) is 67.5 cm³/mol. The van der Waals surface area contributed by atoms with E-state index in [4.69, 9.17) is 5.26 Å². The van der Waals surface area contributed by atoms with Crippen LogP contribution in [0.4, 0.5) is 21.5 Å². The maximum Gasteiger partial charge on any atom is 0.289 e. The third-order valence-electron chi connectivity index (χ3n) is 2.47. The van der Waals surface area contributed by atoms with Gasteiger partial charge in [-0.1, -0.05) is 12.1 Å². The zero-order chi connectivity index (χ0) is 13.8. The monoisotopic (exact) mass is 257 g/mol. The highest BCUT2D eigenvalue weighted by atomic mass is 19.1. The molecular formula is C13H8FN3O2. The first-order chi connectivity index (χ1) is 9.11. The number of nitro groups is 1. The molecule has 0 bridgehead atoms. The lowest BCUT2D eigenvalue weighted by molar-refractivity contribution is -0.385. The van der Waals surface area contributed by atoms with Gasteiger partial charge in [0.2, 0.25) is 0 Å². The number of para-hydroxylation sites is 1. The Balaban J connectivity index is 2.38. The number of nitrogens with zero attached hydrogens (tertiary/aromatic N) is 2. The molecule has 0 atom stereocenters. The van der Waals surface area contributed by atoms with Crippen LogP contribution in [0.15, 0.2) is 42.5 Å². The summed E-state index contributed by atoms with van der Waals surface area (Å²) in [6.45, 7) is 0. The molecule has 2 aromatic carbocycles. The van der Waals surface area contributed by atoms with Crippen molar-refractivity contribution in [3.8, 4) is 6.07 Å². The van der Waals surface area contributed by atoms with Crippen molar-refractivity contribution in [1.29, 1.82) is 5.26 Å². The molecule has 5 nitrogen and oxygen atoms in total. The summed E-state index contributed by atoms with van der Waals surface area (Å²) < 4.78 is 13.4. The average Bonchev–Trinajstić information content (AvgIpc) is 2.41. The summed E-state index contributed by atoms with van der Waals surface area (Å²) in [6, 6.07) is 11.7. The van der Waals surface area contributed by atoms with Gasteiger partial charge < -0.3 is 5.32 Å². The molecule has 0 radical (unpaired) electrons. The summed E-state index contributed by atoms with van der Waals surface area (Å²) >= 11 is 0. The minimum absolute atomic E-state index is 0.0379. The number of nitriles is 1. The quantitative estimate of drug-likeness (QED) is 0.675. The fourth-order valence-corrected chi connectivity index (χ4v) is 1.57. The van der Waals surface area contributed by atoms with Gasteiger partial charge >= 0.3 is 0 Å². The lowest BCUT2D eigenvalue weighted by Gasteiger charge is -2.07. The van der Waals surface area contributed by atoms with Gasteiger partial charge in [0, 0.05) is 11.8 Å². The molecule has 19 heavy (non-hydrogen) atoms. The van der Waals surface area contributed by atoms with Crippen LogP contribution >= 0.6 is 0 Å². The molecule has 0 aliphatic rings. The number of benzene rings is 2. The van der Waals surface area contributed by atoms with Crippen molar-refractivity contribution in [3.63, 3.8) is 0 Å². The van der Waals surface area contributed by atoms with E-state index in [0.29, 0.717) is 5.69 Å². The summed E-state index contributed by atoms with van der Waals surface area (Å²) in [4.78, 5) is 10.2. The summed E-state index contributed by atoms with van der Waals surface area (Å²) in [5.41, 5.74) is 0.199. The van der Waals surface area contributed by atoms with Gasteiger partial charge in [0.05, 0.1) is 10.6 Å². The van der Waals surface area contributed by atoms with Crippen LogP contribution in [-0.4, -0.2) is 4.92 Å². The second kappa shape index (κ2) is 5.14. The number of rotatable bonds is 3. The van der Waals surface area contributed by atoms with E-state index in [-0.39, 0.29) is 16.9 Å². The maximum atomic E-state index is 13.4. The van der Waals surface area contributed by atoms with Crippen LogP contribution in [0, 0.1) is 27.3 Å². The van der Waals surface area contributed by atoms with Gasteiger partial charge in [-0.2, -0.15) is 5.26 Å². The zero-order valence-electron chi connectivity index (χ0n) is 9.63. The maximum absolute atomic E-state index is 13.4. The van der Waals surface area contributed by atoms with Crippen LogP contribution in [0.2, 0.25) is 0 Å².